The summed E-state index contributed by atoms with van der Waals surface area (Å²) in [6, 6.07) is 18.1. The summed E-state index contributed by atoms with van der Waals surface area (Å²) in [4.78, 5) is 21.4. The van der Waals surface area contributed by atoms with Gasteiger partial charge in [0.1, 0.15) is 5.75 Å². The van der Waals surface area contributed by atoms with Gasteiger partial charge in [0.25, 0.3) is 10.0 Å². The molecule has 0 radical (unpaired) electrons. The lowest BCUT2D eigenvalue weighted by Gasteiger charge is -2.18. The average molecular weight is 540 g/mol. The van der Waals surface area contributed by atoms with Crippen LogP contribution in [0.25, 0.3) is 11.0 Å². The molecule has 11 heteroatoms. The molecule has 0 aliphatic heterocycles. The van der Waals surface area contributed by atoms with Crippen molar-refractivity contribution in [3.05, 3.63) is 71.8 Å². The predicted molar refractivity (Wildman–Crippen MR) is 146 cm³/mol. The number of nitrogens with zero attached hydrogens (tertiary/aromatic N) is 2. The Balaban J connectivity index is 1.72. The number of benzene rings is 3. The molecule has 4 aromatic rings. The Morgan fingerprint density at radius 2 is 1.59 bits per heavy atom. The maximum Gasteiger partial charge on any atom is 0.263 e. The molecule has 0 fully saturated rings. The van der Waals surface area contributed by atoms with Gasteiger partial charge in [-0.3, -0.25) is 9.52 Å². The van der Waals surface area contributed by atoms with E-state index < -0.39 is 15.4 Å². The molecule has 3 N–H and O–H groups in total. The van der Waals surface area contributed by atoms with Crippen LogP contribution in [0, 0.1) is 5.41 Å². The van der Waals surface area contributed by atoms with Gasteiger partial charge in [0.2, 0.25) is 5.91 Å². The third-order valence-electron chi connectivity index (χ3n) is 5.31. The molecule has 0 unspecified atom stereocenters. The van der Waals surface area contributed by atoms with E-state index in [0.29, 0.717) is 33.2 Å². The minimum absolute atomic E-state index is 0.0262. The zero-order valence-electron chi connectivity index (χ0n) is 20.7. The Morgan fingerprint density at radius 3 is 2.24 bits per heavy atom. The van der Waals surface area contributed by atoms with E-state index in [1.807, 2.05) is 0 Å². The van der Waals surface area contributed by atoms with Crippen molar-refractivity contribution < 1.29 is 17.9 Å². The molecule has 0 atom stereocenters. The number of carbonyl (C=O) groups is 1. The fourth-order valence-corrected chi connectivity index (χ4v) is 4.48. The van der Waals surface area contributed by atoms with Gasteiger partial charge in [-0.05, 0) is 42.5 Å². The van der Waals surface area contributed by atoms with Crippen molar-refractivity contribution in [2.24, 2.45) is 5.41 Å². The molecule has 1 aromatic heterocycles. The molecule has 0 saturated carbocycles. The molecule has 4 rings (SSSR count). The number of ether oxygens (including phenoxy) is 1. The number of sulfonamides is 1. The summed E-state index contributed by atoms with van der Waals surface area (Å²) < 4.78 is 34.6. The SMILES string of the molecule is COc1ccc(Cl)c(Nc2nc3ccccc3nc2NS(=O)(=O)c2cccc(NC(=O)C(C)(C)C)c2)c1. The van der Waals surface area contributed by atoms with E-state index in [1.54, 1.807) is 75.4 Å². The molecule has 1 heterocycles. The van der Waals surface area contributed by atoms with E-state index in [0.717, 1.165) is 0 Å². The van der Waals surface area contributed by atoms with Crippen molar-refractivity contribution >= 4 is 61.6 Å². The summed E-state index contributed by atoms with van der Waals surface area (Å²) in [5.41, 5.74) is 1.22. The van der Waals surface area contributed by atoms with Crippen LogP contribution in [0.15, 0.2) is 71.6 Å². The van der Waals surface area contributed by atoms with Gasteiger partial charge in [-0.25, -0.2) is 18.4 Å². The molecule has 0 aliphatic carbocycles. The van der Waals surface area contributed by atoms with Crippen molar-refractivity contribution in [1.29, 1.82) is 0 Å². The van der Waals surface area contributed by atoms with Crippen LogP contribution in [0.2, 0.25) is 5.02 Å². The van der Waals surface area contributed by atoms with Crippen LogP contribution in [0.1, 0.15) is 20.8 Å². The molecule has 0 bridgehead atoms. The number of rotatable bonds is 7. The first-order valence-electron chi connectivity index (χ1n) is 11.3. The second-order valence-corrected chi connectivity index (χ2v) is 11.3. The fourth-order valence-electron chi connectivity index (χ4n) is 3.26. The van der Waals surface area contributed by atoms with Crippen molar-refractivity contribution in [3.63, 3.8) is 0 Å². The quantitative estimate of drug-likeness (QED) is 0.270. The van der Waals surface area contributed by atoms with Gasteiger partial charge < -0.3 is 15.4 Å². The zero-order chi connectivity index (χ0) is 26.8. The lowest BCUT2D eigenvalue weighted by molar-refractivity contribution is -0.123. The highest BCUT2D eigenvalue weighted by molar-refractivity contribution is 7.92. The first-order valence-corrected chi connectivity index (χ1v) is 13.1. The molecule has 9 nitrogen and oxygen atoms in total. The minimum Gasteiger partial charge on any atom is -0.497 e. The zero-order valence-corrected chi connectivity index (χ0v) is 22.2. The molecule has 3 aromatic carbocycles. The molecular weight excluding hydrogens is 514 g/mol. The summed E-state index contributed by atoms with van der Waals surface area (Å²) in [6.45, 7) is 5.31. The summed E-state index contributed by atoms with van der Waals surface area (Å²) in [7, 11) is -2.59. The minimum atomic E-state index is -4.11. The summed E-state index contributed by atoms with van der Waals surface area (Å²) in [6.07, 6.45) is 0. The molecule has 0 saturated heterocycles. The molecule has 37 heavy (non-hydrogen) atoms. The highest BCUT2D eigenvalue weighted by atomic mass is 35.5. The topological polar surface area (TPSA) is 122 Å². The van der Waals surface area contributed by atoms with Crippen molar-refractivity contribution in [2.45, 2.75) is 25.7 Å². The number of anilines is 4. The van der Waals surface area contributed by atoms with Crippen LogP contribution in [0.5, 0.6) is 5.75 Å². The molecule has 0 aliphatic rings. The Hall–Kier alpha value is -3.89. The van der Waals surface area contributed by atoms with Gasteiger partial charge >= 0.3 is 0 Å². The van der Waals surface area contributed by atoms with Gasteiger partial charge in [-0.1, -0.05) is 50.6 Å². The lowest BCUT2D eigenvalue weighted by Crippen LogP contribution is -2.27. The Labute approximate surface area is 220 Å². The Morgan fingerprint density at radius 1 is 0.919 bits per heavy atom. The molecule has 192 valence electrons. The van der Waals surface area contributed by atoms with E-state index in [-0.39, 0.29) is 22.4 Å². The first kappa shape index (κ1) is 26.2. The number of halogens is 1. The molecule has 1 amide bonds. The van der Waals surface area contributed by atoms with E-state index >= 15 is 0 Å². The Kier molecular flexibility index (Phi) is 7.24. The third kappa shape index (κ3) is 6.10. The van der Waals surface area contributed by atoms with Gasteiger partial charge in [-0.2, -0.15) is 0 Å². The molecular formula is C26H26ClN5O4S. The van der Waals surface area contributed by atoms with Gasteiger partial charge in [-0.15, -0.1) is 0 Å². The maximum absolute atomic E-state index is 13.4. The highest BCUT2D eigenvalue weighted by Gasteiger charge is 2.23. The van der Waals surface area contributed by atoms with Crippen LogP contribution in [0.3, 0.4) is 0 Å². The van der Waals surface area contributed by atoms with E-state index in [9.17, 15) is 13.2 Å². The van der Waals surface area contributed by atoms with Gasteiger partial charge in [0.15, 0.2) is 11.6 Å². The Bertz CT molecular complexity index is 1590. The van der Waals surface area contributed by atoms with Crippen LogP contribution in [-0.4, -0.2) is 31.4 Å². The highest BCUT2D eigenvalue weighted by Crippen LogP contribution is 2.33. The number of hydrogen-bond acceptors (Lipinski definition) is 7. The van der Waals surface area contributed by atoms with Crippen LogP contribution in [0.4, 0.5) is 23.0 Å². The van der Waals surface area contributed by atoms with Gasteiger partial charge in [0, 0.05) is 17.2 Å². The van der Waals surface area contributed by atoms with E-state index in [4.69, 9.17) is 16.3 Å². The maximum atomic E-state index is 13.4. The van der Waals surface area contributed by atoms with Gasteiger partial charge in [0.05, 0.1) is 33.7 Å². The van der Waals surface area contributed by atoms with Crippen LogP contribution >= 0.6 is 11.6 Å². The number of methoxy groups -OCH3 is 1. The number of fused-ring (bicyclic) bond motifs is 1. The number of amides is 1. The largest absolute Gasteiger partial charge is 0.497 e. The number of hydrogen-bond donors (Lipinski definition) is 3. The lowest BCUT2D eigenvalue weighted by atomic mass is 9.95. The predicted octanol–water partition coefficient (Wildman–Crippen LogP) is 5.82. The third-order valence-corrected chi connectivity index (χ3v) is 6.98. The second-order valence-electron chi connectivity index (χ2n) is 9.22. The van der Waals surface area contributed by atoms with Crippen LogP contribution < -0.4 is 20.1 Å². The number of aromatic nitrogens is 2. The van der Waals surface area contributed by atoms with Crippen molar-refractivity contribution in [1.82, 2.24) is 9.97 Å². The summed E-state index contributed by atoms with van der Waals surface area (Å²) in [5.74, 6) is 0.435. The van der Waals surface area contributed by atoms with E-state index in [1.165, 1.54) is 19.2 Å². The second kappa shape index (κ2) is 10.2. The number of nitrogens with one attached hydrogen (secondary N) is 3. The monoisotopic (exact) mass is 539 g/mol. The van der Waals surface area contributed by atoms with Crippen molar-refractivity contribution in [3.8, 4) is 5.75 Å². The summed E-state index contributed by atoms with van der Waals surface area (Å²) >= 11 is 6.35. The average Bonchev–Trinajstić information content (AvgIpc) is 2.85. The standard InChI is InChI=1S/C26H26ClN5O4S/c1-26(2,3)25(33)28-16-8-7-9-18(14-16)37(34,35)32-24-23(29-20-10-5-6-11-21(20)30-24)31-22-15-17(36-4)12-13-19(22)27/h5-15H,1-4H3,(H,28,33)(H,29,31)(H,30,32). The smallest absolute Gasteiger partial charge is 0.263 e. The number of carbonyl (C=O) groups excluding carboxylic acids is 1. The fraction of sp³-hybridized carbons (Fsp3) is 0.192. The normalized spacial score (nSPS) is 11.7. The number of para-hydroxylation sites is 2. The summed E-state index contributed by atoms with van der Waals surface area (Å²) in [5, 5.41) is 6.19. The van der Waals surface area contributed by atoms with Crippen molar-refractivity contribution in [2.75, 3.05) is 22.5 Å². The van der Waals surface area contributed by atoms with E-state index in [2.05, 4.69) is 25.3 Å². The first-order chi connectivity index (χ1) is 17.5. The van der Waals surface area contributed by atoms with Crippen LogP contribution in [-0.2, 0) is 14.8 Å². The molecule has 0 spiro atoms.